The van der Waals surface area contributed by atoms with Gasteiger partial charge in [0.15, 0.2) is 0 Å². The number of hydrogen-bond donors (Lipinski definition) is 7. The lowest BCUT2D eigenvalue weighted by Crippen LogP contribution is -2.24. The molecule has 0 bridgehead atoms. The van der Waals surface area contributed by atoms with Gasteiger partial charge in [0.25, 0.3) is 17.1 Å². The van der Waals surface area contributed by atoms with E-state index in [2.05, 4.69) is 10.6 Å². The van der Waals surface area contributed by atoms with Gasteiger partial charge in [-0.25, -0.2) is 5.48 Å². The first-order valence-corrected chi connectivity index (χ1v) is 17.9. The van der Waals surface area contributed by atoms with Crippen LogP contribution in [-0.4, -0.2) is 70.0 Å². The van der Waals surface area contributed by atoms with Gasteiger partial charge < -0.3 is 26.6 Å². The van der Waals surface area contributed by atoms with Crippen LogP contribution in [0.3, 0.4) is 0 Å². The van der Waals surface area contributed by atoms with E-state index in [1.54, 1.807) is 54.0 Å². The van der Waals surface area contributed by atoms with Crippen molar-refractivity contribution in [3.8, 4) is 0 Å². The van der Waals surface area contributed by atoms with Crippen molar-refractivity contribution in [1.29, 1.82) is 0 Å². The molecular weight excluding hydrogens is 716 g/mol. The van der Waals surface area contributed by atoms with Crippen molar-refractivity contribution in [1.82, 2.24) is 16.1 Å². The van der Waals surface area contributed by atoms with Crippen LogP contribution < -0.4 is 21.8 Å². The molecule has 14 heteroatoms. The molecule has 0 radical (unpaired) electrons. The van der Waals surface area contributed by atoms with Gasteiger partial charge in [-0.05, 0) is 80.9 Å². The monoisotopic (exact) mass is 772 g/mol. The quantitative estimate of drug-likeness (QED) is 0.0274. The third-order valence-corrected chi connectivity index (χ3v) is 7.23. The van der Waals surface area contributed by atoms with Crippen molar-refractivity contribution < 1.29 is 44.2 Å². The number of carboxylic acids is 2. The van der Waals surface area contributed by atoms with Crippen LogP contribution in [0.5, 0.6) is 0 Å². The number of hydroxylamine groups is 1. The number of halogens is 1. The Bertz CT molecular complexity index is 1450. The average molecular weight is 773 g/mol. The molecule has 13 nitrogen and oxygen atoms in total. The Labute approximate surface area is 323 Å². The van der Waals surface area contributed by atoms with Crippen molar-refractivity contribution in [2.45, 2.75) is 84.5 Å². The van der Waals surface area contributed by atoms with Gasteiger partial charge in [0.1, 0.15) is 0 Å². The van der Waals surface area contributed by atoms with Gasteiger partial charge in [0.2, 0.25) is 5.91 Å². The highest BCUT2D eigenvalue weighted by atomic mass is 35.5. The normalized spacial score (nSPS) is 9.46. The predicted octanol–water partition coefficient (Wildman–Crippen LogP) is 6.84. The zero-order valence-corrected chi connectivity index (χ0v) is 30.8. The number of nitrogens with two attached hydrogens (primary N) is 1. The van der Waals surface area contributed by atoms with E-state index in [1.807, 2.05) is 42.5 Å². The molecule has 0 aromatic heterocycles. The Morgan fingerprint density at radius 3 is 1.19 bits per heavy atom. The molecule has 298 valence electrons. The summed E-state index contributed by atoms with van der Waals surface area (Å²) in [6.07, 6.45) is 8.06. The van der Waals surface area contributed by atoms with Gasteiger partial charge in [0.05, 0.1) is 0 Å². The maximum absolute atomic E-state index is 11.6. The first-order valence-electron chi connectivity index (χ1n) is 17.5. The van der Waals surface area contributed by atoms with Crippen molar-refractivity contribution >= 4 is 46.5 Å². The molecule has 0 aliphatic rings. The van der Waals surface area contributed by atoms with Gasteiger partial charge in [0, 0.05) is 49.0 Å². The van der Waals surface area contributed by atoms with Crippen molar-refractivity contribution in [2.75, 3.05) is 19.6 Å². The van der Waals surface area contributed by atoms with E-state index in [1.165, 1.54) is 0 Å². The van der Waals surface area contributed by atoms with Crippen LogP contribution in [0.25, 0.3) is 0 Å². The van der Waals surface area contributed by atoms with Crippen LogP contribution in [0.4, 0.5) is 0 Å². The zero-order valence-electron chi connectivity index (χ0n) is 30.0. The number of amides is 3. The van der Waals surface area contributed by atoms with Crippen LogP contribution in [0.1, 0.15) is 116 Å². The number of carbonyl (C=O) groups is 6. The minimum Gasteiger partial charge on any atom is -0.481 e. The third kappa shape index (κ3) is 30.5. The fraction of sp³-hybridized carbons (Fsp3) is 0.400. The number of nitrogens with one attached hydrogen (secondary N) is 3. The number of benzene rings is 3. The summed E-state index contributed by atoms with van der Waals surface area (Å²) >= 11 is 5.16. The van der Waals surface area contributed by atoms with Gasteiger partial charge in [-0.3, -0.25) is 34.0 Å². The highest BCUT2D eigenvalue weighted by Crippen LogP contribution is 2.03. The van der Waals surface area contributed by atoms with Crippen molar-refractivity contribution in [3.63, 3.8) is 0 Å². The molecule has 3 rings (SSSR count). The molecule has 8 N–H and O–H groups in total. The molecule has 0 aliphatic heterocycles. The highest BCUT2D eigenvalue weighted by Gasteiger charge is 2.04. The molecule has 0 atom stereocenters. The largest absolute Gasteiger partial charge is 0.481 e. The summed E-state index contributed by atoms with van der Waals surface area (Å²) in [6.45, 7) is 1.85. The second kappa shape index (κ2) is 34.9. The Balaban J connectivity index is 0. The molecule has 0 saturated carbocycles. The molecule has 0 saturated heterocycles. The fourth-order valence-electron chi connectivity index (χ4n) is 4.17. The van der Waals surface area contributed by atoms with E-state index in [-0.39, 0.29) is 38.0 Å². The Kier molecular flexibility index (Phi) is 33.0. The van der Waals surface area contributed by atoms with Crippen molar-refractivity contribution in [3.05, 3.63) is 108 Å². The number of carboxylic acid groups (broad SMARTS) is 2. The number of rotatable bonds is 20. The molecule has 3 amide bonds. The third-order valence-electron chi connectivity index (χ3n) is 7.01. The topological polar surface area (TPSA) is 225 Å². The van der Waals surface area contributed by atoms with E-state index in [9.17, 15) is 28.8 Å². The first kappa shape index (κ1) is 51.0. The van der Waals surface area contributed by atoms with Crippen LogP contribution in [0.2, 0.25) is 0 Å². The molecule has 0 fully saturated rings. The maximum Gasteiger partial charge on any atom is 0.303 e. The molecule has 0 unspecified atom stereocenters. The Morgan fingerprint density at radius 2 is 0.870 bits per heavy atom. The maximum atomic E-state index is 11.6. The second-order valence-electron chi connectivity index (χ2n) is 11.4. The lowest BCUT2D eigenvalue weighted by atomic mass is 10.2. The number of carbonyl (C=O) groups excluding carboxylic acids is 4. The van der Waals surface area contributed by atoms with Gasteiger partial charge in [-0.15, -0.1) is 0 Å². The molecule has 0 heterocycles. The summed E-state index contributed by atoms with van der Waals surface area (Å²) in [4.78, 5) is 64.5. The highest BCUT2D eigenvalue weighted by molar-refractivity contribution is 6.67. The SMILES string of the molecule is C.NCCCCCC(=O)O.O=C(CCCCCNC(=O)c1ccccc1)NO.O=C(Cl)c1ccccc1.O=C(O)CCCCCNC(=O)c1ccccc1. The van der Waals surface area contributed by atoms with E-state index >= 15 is 0 Å². The summed E-state index contributed by atoms with van der Waals surface area (Å²) in [6, 6.07) is 26.8. The number of hydrogen-bond acceptors (Lipinski definition) is 8. The first-order chi connectivity index (χ1) is 25.5. The standard InChI is InChI=1S/C13H18N2O3.C13H17NO3.C7H5ClO.C6H13NO2.CH4/c16-12(15-18)9-5-2-6-10-14-13(17)11-7-3-1-4-8-11;15-12(16)9-5-2-6-10-14-13(17)11-7-3-1-4-8-11;8-7(9)6-4-2-1-3-5-6;7-5-3-1-2-4-6(8)9;/h1,3-4,7-8,18H,2,5-6,9-10H2,(H,14,17)(H,15,16);1,3-4,7-8H,2,5-6,9-10H2,(H,14,17)(H,15,16);1-5H;1-5,7H2,(H,8,9);1H4. The summed E-state index contributed by atoms with van der Waals surface area (Å²) in [7, 11) is 0. The molecule has 54 heavy (non-hydrogen) atoms. The minimum atomic E-state index is -0.765. The van der Waals surface area contributed by atoms with Crippen LogP contribution in [-0.2, 0) is 14.4 Å². The van der Waals surface area contributed by atoms with Crippen LogP contribution in [0, 0.1) is 0 Å². The smallest absolute Gasteiger partial charge is 0.303 e. The number of unbranched alkanes of at least 4 members (excludes halogenated alkanes) is 6. The molecule has 0 spiro atoms. The summed E-state index contributed by atoms with van der Waals surface area (Å²) in [5.41, 5.74) is 8.63. The Morgan fingerprint density at radius 1 is 0.519 bits per heavy atom. The average Bonchev–Trinajstić information content (AvgIpc) is 3.17. The van der Waals surface area contributed by atoms with Crippen LogP contribution >= 0.6 is 11.6 Å². The Hall–Kier alpha value is -5.11. The van der Waals surface area contributed by atoms with E-state index in [0.29, 0.717) is 55.6 Å². The summed E-state index contributed by atoms with van der Waals surface area (Å²) < 4.78 is 0. The lowest BCUT2D eigenvalue weighted by Gasteiger charge is -2.04. The molecule has 3 aromatic carbocycles. The van der Waals surface area contributed by atoms with Crippen LogP contribution in [0.15, 0.2) is 91.0 Å². The zero-order chi connectivity index (χ0) is 39.5. The van der Waals surface area contributed by atoms with E-state index in [4.69, 9.17) is 32.8 Å². The fourth-order valence-corrected chi connectivity index (χ4v) is 4.30. The second-order valence-corrected chi connectivity index (χ2v) is 11.8. The number of aliphatic carboxylic acids is 2. The summed E-state index contributed by atoms with van der Waals surface area (Å²) in [5.74, 6) is -2.01. The van der Waals surface area contributed by atoms with Gasteiger partial charge >= 0.3 is 11.9 Å². The molecular formula is C40H57ClN4O9. The van der Waals surface area contributed by atoms with E-state index in [0.717, 1.165) is 44.9 Å². The predicted molar refractivity (Wildman–Crippen MR) is 211 cm³/mol. The van der Waals surface area contributed by atoms with Crippen molar-refractivity contribution in [2.24, 2.45) is 5.73 Å². The summed E-state index contributed by atoms with van der Waals surface area (Å²) in [5, 5.41) is 30.1. The molecule has 3 aromatic rings. The van der Waals surface area contributed by atoms with Gasteiger partial charge in [-0.1, -0.05) is 93.4 Å². The minimum absolute atomic E-state index is 0. The van der Waals surface area contributed by atoms with Gasteiger partial charge in [-0.2, -0.15) is 0 Å². The van der Waals surface area contributed by atoms with E-state index < -0.39 is 17.2 Å². The molecule has 0 aliphatic carbocycles. The lowest BCUT2D eigenvalue weighted by molar-refractivity contribution is -0.138.